The van der Waals surface area contributed by atoms with Crippen LogP contribution in [0.25, 0.3) is 11.3 Å². The van der Waals surface area contributed by atoms with Gasteiger partial charge in [-0.3, -0.25) is 0 Å². The average molecular weight is 417 g/mol. The number of hydrogen-bond donors (Lipinski definition) is 2. The number of morpholine rings is 1. The molecule has 0 aliphatic carbocycles. The van der Waals surface area contributed by atoms with Crippen LogP contribution in [-0.2, 0) is 4.74 Å². The van der Waals surface area contributed by atoms with Gasteiger partial charge in [0.1, 0.15) is 18.4 Å². The topological polar surface area (TPSA) is 104 Å². The zero-order valence-electron chi connectivity index (χ0n) is 17.0. The lowest BCUT2D eigenvalue weighted by molar-refractivity contribution is 0.122. The van der Waals surface area contributed by atoms with E-state index in [0.717, 1.165) is 43.2 Å². The molecule has 4 rings (SSSR count). The molecule has 8 heteroatoms. The van der Waals surface area contributed by atoms with Gasteiger partial charge in [-0.15, -0.1) is 0 Å². The Morgan fingerprint density at radius 2 is 1.94 bits per heavy atom. The molecule has 158 valence electrons. The molecule has 0 amide bonds. The van der Waals surface area contributed by atoms with Crippen molar-refractivity contribution in [3.63, 3.8) is 0 Å². The number of aliphatic hydroxyl groups is 1. The zero-order valence-corrected chi connectivity index (χ0v) is 17.0. The Bertz CT molecular complexity index is 1060. The molecule has 31 heavy (non-hydrogen) atoms. The second-order valence-electron chi connectivity index (χ2n) is 6.93. The predicted octanol–water partition coefficient (Wildman–Crippen LogP) is 2.97. The summed E-state index contributed by atoms with van der Waals surface area (Å²) in [5.41, 5.74) is 3.90. The maximum absolute atomic E-state index is 9.41. The van der Waals surface area contributed by atoms with Crippen molar-refractivity contribution < 1.29 is 14.6 Å². The first kappa shape index (κ1) is 20.6. The number of benzene rings is 2. The number of nitrogens with zero attached hydrogens (tertiary/aromatic N) is 4. The van der Waals surface area contributed by atoms with Crippen molar-refractivity contribution in [1.29, 1.82) is 5.26 Å². The van der Waals surface area contributed by atoms with Crippen LogP contribution in [0.15, 0.2) is 54.7 Å². The summed E-state index contributed by atoms with van der Waals surface area (Å²) in [6.45, 7) is 3.32. The molecular weight excluding hydrogens is 394 g/mol. The van der Waals surface area contributed by atoms with Crippen LogP contribution in [0.5, 0.6) is 5.75 Å². The van der Waals surface area contributed by atoms with Gasteiger partial charge >= 0.3 is 0 Å². The molecule has 0 unspecified atom stereocenters. The molecule has 3 aromatic rings. The molecule has 0 atom stereocenters. The van der Waals surface area contributed by atoms with Crippen LogP contribution in [0, 0.1) is 11.3 Å². The number of ether oxygens (including phenoxy) is 2. The van der Waals surface area contributed by atoms with E-state index in [1.165, 1.54) is 0 Å². The van der Waals surface area contributed by atoms with Gasteiger partial charge in [0, 0.05) is 36.2 Å². The van der Waals surface area contributed by atoms with Gasteiger partial charge in [0.2, 0.25) is 5.95 Å². The third-order valence-corrected chi connectivity index (χ3v) is 4.90. The largest absolute Gasteiger partial charge is 0.490 e. The summed E-state index contributed by atoms with van der Waals surface area (Å²) in [5.74, 6) is 0.906. The van der Waals surface area contributed by atoms with Crippen LogP contribution < -0.4 is 15.0 Å². The summed E-state index contributed by atoms with van der Waals surface area (Å²) in [6, 6.07) is 17.3. The third kappa shape index (κ3) is 5.09. The van der Waals surface area contributed by atoms with Crippen LogP contribution in [0.1, 0.15) is 5.56 Å². The van der Waals surface area contributed by atoms with E-state index >= 15 is 0 Å². The molecule has 1 aliphatic heterocycles. The van der Waals surface area contributed by atoms with Gasteiger partial charge in [-0.25, -0.2) is 9.97 Å². The number of nitriles is 1. The van der Waals surface area contributed by atoms with Crippen LogP contribution in [0.2, 0.25) is 0 Å². The Morgan fingerprint density at radius 3 is 2.68 bits per heavy atom. The highest BCUT2D eigenvalue weighted by Crippen LogP contribution is 2.26. The quantitative estimate of drug-likeness (QED) is 0.605. The van der Waals surface area contributed by atoms with Crippen molar-refractivity contribution in [3.05, 3.63) is 60.3 Å². The summed E-state index contributed by atoms with van der Waals surface area (Å²) >= 11 is 0. The molecule has 0 saturated carbocycles. The number of nitrogens with one attached hydrogen (secondary N) is 1. The van der Waals surface area contributed by atoms with Crippen LogP contribution in [-0.4, -0.2) is 54.6 Å². The minimum absolute atomic E-state index is 0.110. The molecule has 0 radical (unpaired) electrons. The van der Waals surface area contributed by atoms with Gasteiger partial charge in [-0.1, -0.05) is 0 Å². The highest BCUT2D eigenvalue weighted by Gasteiger charge is 2.11. The standard InChI is InChI=1S/C23H23N5O3/c24-16-18-15-17(1-6-22(18)31-14-11-29)21-7-8-25-23(27-21)26-19-2-4-20(5-3-19)28-9-12-30-13-10-28/h1-8,15,29H,9-14H2,(H,25,26,27). The fourth-order valence-electron chi connectivity index (χ4n) is 3.34. The number of rotatable bonds is 7. The van der Waals surface area contributed by atoms with E-state index in [4.69, 9.17) is 14.6 Å². The zero-order chi connectivity index (χ0) is 21.5. The fraction of sp³-hybridized carbons (Fsp3) is 0.261. The van der Waals surface area contributed by atoms with E-state index in [2.05, 4.69) is 38.4 Å². The summed E-state index contributed by atoms with van der Waals surface area (Å²) < 4.78 is 10.8. The van der Waals surface area contributed by atoms with Crippen molar-refractivity contribution >= 4 is 17.3 Å². The molecule has 1 aliphatic rings. The second-order valence-corrected chi connectivity index (χ2v) is 6.93. The van der Waals surface area contributed by atoms with Gasteiger partial charge < -0.3 is 24.8 Å². The first-order valence-electron chi connectivity index (χ1n) is 10.1. The van der Waals surface area contributed by atoms with Gasteiger partial charge in [0.15, 0.2) is 0 Å². The number of aromatic nitrogens is 2. The highest BCUT2D eigenvalue weighted by molar-refractivity contribution is 5.66. The van der Waals surface area contributed by atoms with E-state index in [-0.39, 0.29) is 13.2 Å². The van der Waals surface area contributed by atoms with Crippen LogP contribution in [0.3, 0.4) is 0 Å². The first-order chi connectivity index (χ1) is 15.3. The lowest BCUT2D eigenvalue weighted by Gasteiger charge is -2.28. The number of hydrogen-bond acceptors (Lipinski definition) is 8. The molecule has 0 bridgehead atoms. The van der Waals surface area contributed by atoms with Crippen molar-refractivity contribution in [1.82, 2.24) is 9.97 Å². The summed E-state index contributed by atoms with van der Waals surface area (Å²) in [6.07, 6.45) is 1.68. The minimum atomic E-state index is -0.110. The van der Waals surface area contributed by atoms with E-state index in [1.807, 2.05) is 18.2 Å². The molecule has 2 N–H and O–H groups in total. The summed E-state index contributed by atoms with van der Waals surface area (Å²) in [4.78, 5) is 11.2. The molecule has 2 aromatic carbocycles. The van der Waals surface area contributed by atoms with Crippen molar-refractivity contribution in [2.24, 2.45) is 0 Å². The van der Waals surface area contributed by atoms with Gasteiger partial charge in [-0.05, 0) is 48.5 Å². The Hall–Kier alpha value is -3.67. The predicted molar refractivity (Wildman–Crippen MR) is 118 cm³/mol. The van der Waals surface area contributed by atoms with Gasteiger partial charge in [0.25, 0.3) is 0 Å². The fourth-order valence-corrected chi connectivity index (χ4v) is 3.34. The third-order valence-electron chi connectivity index (χ3n) is 4.90. The SMILES string of the molecule is N#Cc1cc(-c2ccnc(Nc3ccc(N4CCOCC4)cc3)n2)ccc1OCCO. The molecule has 1 aromatic heterocycles. The van der Waals surface area contributed by atoms with E-state index in [0.29, 0.717) is 23.0 Å². The summed E-state index contributed by atoms with van der Waals surface area (Å²) in [5, 5.41) is 21.6. The Kier molecular flexibility index (Phi) is 6.57. The van der Waals surface area contributed by atoms with Crippen LogP contribution >= 0.6 is 0 Å². The first-order valence-corrected chi connectivity index (χ1v) is 10.1. The molecular formula is C23H23N5O3. The van der Waals surface area contributed by atoms with Crippen molar-refractivity contribution in [3.8, 4) is 23.1 Å². The van der Waals surface area contributed by atoms with Gasteiger partial charge in [0.05, 0.1) is 31.1 Å². The molecule has 8 nitrogen and oxygen atoms in total. The number of aliphatic hydroxyl groups excluding tert-OH is 1. The van der Waals surface area contributed by atoms with Gasteiger partial charge in [-0.2, -0.15) is 5.26 Å². The molecule has 1 saturated heterocycles. The lowest BCUT2D eigenvalue weighted by Crippen LogP contribution is -2.36. The minimum Gasteiger partial charge on any atom is -0.490 e. The number of anilines is 3. The Balaban J connectivity index is 1.49. The van der Waals surface area contributed by atoms with Crippen molar-refractivity contribution in [2.45, 2.75) is 0 Å². The second kappa shape index (κ2) is 9.89. The summed E-state index contributed by atoms with van der Waals surface area (Å²) in [7, 11) is 0. The molecule has 0 spiro atoms. The van der Waals surface area contributed by atoms with Crippen molar-refractivity contribution in [2.75, 3.05) is 49.7 Å². The van der Waals surface area contributed by atoms with E-state index in [9.17, 15) is 5.26 Å². The van der Waals surface area contributed by atoms with E-state index in [1.54, 1.807) is 24.4 Å². The maximum atomic E-state index is 9.41. The lowest BCUT2D eigenvalue weighted by atomic mass is 10.1. The Morgan fingerprint density at radius 1 is 1.13 bits per heavy atom. The molecule has 2 heterocycles. The highest BCUT2D eigenvalue weighted by atomic mass is 16.5. The molecule has 1 fully saturated rings. The van der Waals surface area contributed by atoms with E-state index < -0.39 is 0 Å². The smallest absolute Gasteiger partial charge is 0.227 e. The monoisotopic (exact) mass is 417 g/mol. The maximum Gasteiger partial charge on any atom is 0.227 e. The Labute approximate surface area is 180 Å². The normalized spacial score (nSPS) is 13.5. The average Bonchev–Trinajstić information content (AvgIpc) is 2.84. The van der Waals surface area contributed by atoms with Crippen LogP contribution in [0.4, 0.5) is 17.3 Å².